The van der Waals surface area contributed by atoms with Crippen LogP contribution in [0, 0.1) is 0 Å². The molecule has 0 unspecified atom stereocenters. The topological polar surface area (TPSA) is 80.3 Å². The van der Waals surface area contributed by atoms with Crippen molar-refractivity contribution in [2.24, 2.45) is 0 Å². The number of methoxy groups -OCH3 is 1. The number of carbonyl (C=O) groups is 2. The molecule has 3 aromatic carbocycles. The molecule has 0 radical (unpaired) electrons. The molecule has 0 amide bonds. The van der Waals surface area contributed by atoms with Gasteiger partial charge in [0.1, 0.15) is 42.6 Å². The van der Waals surface area contributed by atoms with E-state index in [1.54, 1.807) is 43.5 Å². The summed E-state index contributed by atoms with van der Waals surface area (Å²) >= 11 is 3.35. The zero-order valence-corrected chi connectivity index (χ0v) is 19.6. The molecule has 0 aliphatic rings. The van der Waals surface area contributed by atoms with E-state index in [1.807, 2.05) is 30.3 Å². The Balaban J connectivity index is 1.58. The second-order valence-corrected chi connectivity index (χ2v) is 7.61. The van der Waals surface area contributed by atoms with E-state index in [0.29, 0.717) is 22.6 Å². The maximum atomic E-state index is 12.8. The molecule has 3 aromatic rings. The maximum Gasteiger partial charge on any atom is 0.347 e. The molecule has 0 aromatic heterocycles. The van der Waals surface area contributed by atoms with Crippen LogP contribution < -0.4 is 14.2 Å². The third-order valence-electron chi connectivity index (χ3n) is 4.32. The molecule has 0 heterocycles. The number of rotatable bonds is 11. The van der Waals surface area contributed by atoms with E-state index < -0.39 is 11.9 Å². The minimum Gasteiger partial charge on any atom is -0.490 e. The molecule has 0 atom stereocenters. The molecule has 0 N–H and O–H groups in total. The zero-order valence-electron chi connectivity index (χ0n) is 18.0. The molecule has 3 rings (SSSR count). The van der Waals surface area contributed by atoms with Gasteiger partial charge in [0.05, 0.1) is 12.2 Å². The molecular formula is C25H23BrO7. The van der Waals surface area contributed by atoms with Crippen molar-refractivity contribution >= 4 is 27.9 Å². The Bertz CT molecular complexity index is 1070. The van der Waals surface area contributed by atoms with Gasteiger partial charge in [-0.25, -0.2) is 9.59 Å². The molecule has 7 nitrogen and oxygen atoms in total. The van der Waals surface area contributed by atoms with Crippen LogP contribution in [-0.4, -0.2) is 45.5 Å². The summed E-state index contributed by atoms with van der Waals surface area (Å²) in [6, 6.07) is 20.5. The monoisotopic (exact) mass is 514 g/mol. The van der Waals surface area contributed by atoms with Crippen LogP contribution in [0.25, 0.3) is 0 Å². The Morgan fingerprint density at radius 2 is 1.52 bits per heavy atom. The highest BCUT2D eigenvalue weighted by Crippen LogP contribution is 2.25. The molecule has 0 bridgehead atoms. The normalized spacial score (nSPS) is 10.4. The maximum absolute atomic E-state index is 12.8. The largest absolute Gasteiger partial charge is 0.490 e. The molecule has 8 heteroatoms. The lowest BCUT2D eigenvalue weighted by atomic mass is 10.2. The number of esters is 2. The summed E-state index contributed by atoms with van der Waals surface area (Å²) in [5.74, 6) is 0.105. The summed E-state index contributed by atoms with van der Waals surface area (Å²) in [6.45, 7) is 0.968. The number of para-hydroxylation sites is 1. The van der Waals surface area contributed by atoms with Crippen molar-refractivity contribution in [2.75, 3.05) is 33.5 Å². The van der Waals surface area contributed by atoms with Gasteiger partial charge in [0, 0.05) is 11.6 Å². The molecule has 0 aliphatic carbocycles. The van der Waals surface area contributed by atoms with Gasteiger partial charge in [-0.3, -0.25) is 0 Å². The molecule has 0 fully saturated rings. The van der Waals surface area contributed by atoms with Crippen molar-refractivity contribution in [3.05, 3.63) is 88.4 Å². The Morgan fingerprint density at radius 1 is 0.758 bits per heavy atom. The van der Waals surface area contributed by atoms with Crippen LogP contribution in [0.5, 0.6) is 17.2 Å². The summed E-state index contributed by atoms with van der Waals surface area (Å²) in [5, 5.41) is 0. The number of ether oxygens (including phenoxy) is 5. The average Bonchev–Trinajstić information content (AvgIpc) is 2.83. The Morgan fingerprint density at radius 3 is 2.30 bits per heavy atom. The summed E-state index contributed by atoms with van der Waals surface area (Å²) in [7, 11) is 1.56. The fourth-order valence-electron chi connectivity index (χ4n) is 2.77. The predicted molar refractivity (Wildman–Crippen MR) is 125 cm³/mol. The lowest BCUT2D eigenvalue weighted by molar-refractivity contribution is 0.0449. The Hall–Kier alpha value is -3.36. The quantitative estimate of drug-likeness (QED) is 0.204. The van der Waals surface area contributed by atoms with Crippen LogP contribution in [-0.2, 0) is 9.47 Å². The van der Waals surface area contributed by atoms with Crippen molar-refractivity contribution in [3.8, 4) is 17.2 Å². The average molecular weight is 515 g/mol. The van der Waals surface area contributed by atoms with E-state index in [9.17, 15) is 9.59 Å². The van der Waals surface area contributed by atoms with E-state index in [0.717, 1.165) is 0 Å². The molecule has 0 saturated carbocycles. The molecule has 33 heavy (non-hydrogen) atoms. The lowest BCUT2D eigenvalue weighted by Crippen LogP contribution is -2.14. The van der Waals surface area contributed by atoms with E-state index in [1.165, 1.54) is 6.07 Å². The molecular weight excluding hydrogens is 492 g/mol. The standard InChI is InChI=1S/C25H23BrO7/c1-29-12-13-31-23-11-10-19(26)17-22(23)25(28)33-21-9-5-6-18(16-21)24(27)32-15-14-30-20-7-3-2-4-8-20/h2-11,16-17H,12-15H2,1H3. The van der Waals surface area contributed by atoms with E-state index in [2.05, 4.69) is 15.9 Å². The van der Waals surface area contributed by atoms with Gasteiger partial charge in [-0.15, -0.1) is 0 Å². The minimum absolute atomic E-state index is 0.0813. The number of benzene rings is 3. The van der Waals surface area contributed by atoms with E-state index >= 15 is 0 Å². The number of halogens is 1. The van der Waals surface area contributed by atoms with Crippen LogP contribution in [0.15, 0.2) is 77.3 Å². The highest BCUT2D eigenvalue weighted by atomic mass is 79.9. The summed E-state index contributed by atoms with van der Waals surface area (Å²) in [5.41, 5.74) is 0.498. The van der Waals surface area contributed by atoms with Gasteiger partial charge in [0.15, 0.2) is 0 Å². The van der Waals surface area contributed by atoms with Crippen LogP contribution in [0.4, 0.5) is 0 Å². The first-order valence-electron chi connectivity index (χ1n) is 10.2. The van der Waals surface area contributed by atoms with Gasteiger partial charge in [0.25, 0.3) is 0 Å². The van der Waals surface area contributed by atoms with Crippen LogP contribution in [0.3, 0.4) is 0 Å². The van der Waals surface area contributed by atoms with Gasteiger partial charge in [0.2, 0.25) is 0 Å². The molecule has 0 aliphatic heterocycles. The number of hydrogen-bond donors (Lipinski definition) is 0. The van der Waals surface area contributed by atoms with Gasteiger partial charge >= 0.3 is 11.9 Å². The molecule has 0 saturated heterocycles. The van der Waals surface area contributed by atoms with Crippen molar-refractivity contribution in [3.63, 3.8) is 0 Å². The van der Waals surface area contributed by atoms with Gasteiger partial charge in [-0.05, 0) is 48.5 Å². The van der Waals surface area contributed by atoms with Crippen molar-refractivity contribution < 1.29 is 33.3 Å². The summed E-state index contributed by atoms with van der Waals surface area (Å²) in [6.07, 6.45) is 0. The Kier molecular flexibility index (Phi) is 9.29. The minimum atomic E-state index is -0.620. The van der Waals surface area contributed by atoms with Crippen molar-refractivity contribution in [2.45, 2.75) is 0 Å². The lowest BCUT2D eigenvalue weighted by Gasteiger charge is -2.12. The smallest absolute Gasteiger partial charge is 0.347 e. The zero-order chi connectivity index (χ0) is 23.5. The van der Waals surface area contributed by atoms with Gasteiger partial charge in [-0.2, -0.15) is 0 Å². The van der Waals surface area contributed by atoms with Crippen LogP contribution in [0.1, 0.15) is 20.7 Å². The van der Waals surface area contributed by atoms with Gasteiger partial charge in [-0.1, -0.05) is 40.2 Å². The molecule has 172 valence electrons. The predicted octanol–water partition coefficient (Wildman–Crippen LogP) is 4.93. The third-order valence-corrected chi connectivity index (χ3v) is 4.81. The van der Waals surface area contributed by atoms with E-state index in [-0.39, 0.29) is 36.7 Å². The highest BCUT2D eigenvalue weighted by Gasteiger charge is 2.17. The van der Waals surface area contributed by atoms with Crippen molar-refractivity contribution in [1.29, 1.82) is 0 Å². The first-order chi connectivity index (χ1) is 16.1. The number of carbonyl (C=O) groups excluding carboxylic acids is 2. The van der Waals surface area contributed by atoms with E-state index in [4.69, 9.17) is 23.7 Å². The first-order valence-corrected chi connectivity index (χ1v) is 10.9. The van der Waals surface area contributed by atoms with Gasteiger partial charge < -0.3 is 23.7 Å². The first kappa shape index (κ1) is 24.3. The summed E-state index contributed by atoms with van der Waals surface area (Å²) < 4.78 is 27.5. The fraction of sp³-hybridized carbons (Fsp3) is 0.200. The second-order valence-electron chi connectivity index (χ2n) is 6.70. The highest BCUT2D eigenvalue weighted by molar-refractivity contribution is 9.10. The third kappa shape index (κ3) is 7.62. The van der Waals surface area contributed by atoms with Crippen LogP contribution >= 0.6 is 15.9 Å². The number of hydrogen-bond acceptors (Lipinski definition) is 7. The van der Waals surface area contributed by atoms with Crippen molar-refractivity contribution in [1.82, 2.24) is 0 Å². The van der Waals surface area contributed by atoms with Crippen LogP contribution in [0.2, 0.25) is 0 Å². The fourth-order valence-corrected chi connectivity index (χ4v) is 3.13. The second kappa shape index (κ2) is 12.6. The SMILES string of the molecule is COCCOc1ccc(Br)cc1C(=O)Oc1cccc(C(=O)OCCOc2ccccc2)c1. The summed E-state index contributed by atoms with van der Waals surface area (Å²) in [4.78, 5) is 25.1. The Labute approximate surface area is 200 Å². The molecule has 0 spiro atoms.